The van der Waals surface area contributed by atoms with Gasteiger partial charge >= 0.3 is 0 Å². The number of amides is 1. The lowest BCUT2D eigenvalue weighted by atomic mass is 10.5. The third-order valence-electron chi connectivity index (χ3n) is 1.60. The summed E-state index contributed by atoms with van der Waals surface area (Å²) in [5.41, 5.74) is 1.03. The van der Waals surface area contributed by atoms with Crippen molar-refractivity contribution in [3.8, 4) is 0 Å². The number of thiazole rings is 1. The monoisotopic (exact) mass is 213 g/mol. The fraction of sp³-hybridized carbons (Fsp3) is 0.556. The van der Waals surface area contributed by atoms with E-state index in [0.29, 0.717) is 19.6 Å². The molecule has 0 aliphatic heterocycles. The first-order valence-electron chi connectivity index (χ1n) is 4.60. The maximum atomic E-state index is 11.0. The molecule has 0 saturated carbocycles. The molecule has 0 saturated heterocycles. The Bertz CT molecular complexity index is 298. The zero-order valence-corrected chi connectivity index (χ0v) is 9.28. The smallest absolute Gasteiger partial charge is 0.233 e. The Hall–Kier alpha value is -0.940. The van der Waals surface area contributed by atoms with Crippen molar-refractivity contribution in [3.63, 3.8) is 0 Å². The van der Waals surface area contributed by atoms with Crippen LogP contribution < -0.4 is 10.6 Å². The topological polar surface area (TPSA) is 54.0 Å². The number of carbonyl (C=O) groups is 1. The van der Waals surface area contributed by atoms with Gasteiger partial charge in [0.05, 0.1) is 6.54 Å². The quantitative estimate of drug-likeness (QED) is 0.756. The van der Waals surface area contributed by atoms with E-state index in [9.17, 15) is 4.79 Å². The van der Waals surface area contributed by atoms with Crippen LogP contribution in [-0.4, -0.2) is 24.0 Å². The number of hydrogen-bond acceptors (Lipinski definition) is 4. The van der Waals surface area contributed by atoms with Crippen molar-refractivity contribution in [2.24, 2.45) is 0 Å². The number of hydrogen-bond donors (Lipinski definition) is 2. The Morgan fingerprint density at radius 2 is 2.43 bits per heavy atom. The highest BCUT2D eigenvalue weighted by molar-refractivity contribution is 7.09. The second-order valence-electron chi connectivity index (χ2n) is 2.94. The van der Waals surface area contributed by atoms with Crippen molar-refractivity contribution >= 4 is 17.2 Å². The lowest BCUT2D eigenvalue weighted by Crippen LogP contribution is -2.33. The Balaban J connectivity index is 2.18. The van der Waals surface area contributed by atoms with Crippen LogP contribution in [0.2, 0.25) is 0 Å². The number of aromatic nitrogens is 1. The van der Waals surface area contributed by atoms with Crippen LogP contribution in [0.25, 0.3) is 0 Å². The highest BCUT2D eigenvalue weighted by Gasteiger charge is 2.00. The number of likely N-dealkylation sites (N-methyl/N-ethyl adjacent to an activating group) is 1. The molecule has 0 radical (unpaired) electrons. The predicted octanol–water partition coefficient (Wildman–Crippen LogP) is 0.677. The molecule has 2 N–H and O–H groups in total. The molecule has 0 aromatic carbocycles. The zero-order chi connectivity index (χ0) is 10.4. The first-order chi connectivity index (χ1) is 6.72. The number of carbonyl (C=O) groups excluding carboxylic acids is 1. The number of nitrogens with one attached hydrogen (secondary N) is 2. The maximum absolute atomic E-state index is 11.0. The molecule has 0 atom stereocenters. The number of aryl methyl sites for hydroxylation is 1. The summed E-state index contributed by atoms with van der Waals surface area (Å²) in [6.45, 7) is 5.56. The van der Waals surface area contributed by atoms with Gasteiger partial charge in [-0.05, 0) is 13.8 Å². The lowest BCUT2D eigenvalue weighted by Gasteiger charge is -2.02. The fourth-order valence-electron chi connectivity index (χ4n) is 1.03. The van der Waals surface area contributed by atoms with Crippen molar-refractivity contribution < 1.29 is 4.79 Å². The van der Waals surface area contributed by atoms with Crippen LogP contribution in [0.5, 0.6) is 0 Å². The van der Waals surface area contributed by atoms with Crippen molar-refractivity contribution in [1.82, 2.24) is 15.6 Å². The summed E-state index contributed by atoms with van der Waals surface area (Å²) in [7, 11) is 0. The molecule has 4 nitrogen and oxygen atoms in total. The van der Waals surface area contributed by atoms with E-state index in [2.05, 4.69) is 15.6 Å². The van der Waals surface area contributed by atoms with Gasteiger partial charge in [0.15, 0.2) is 0 Å². The average Bonchev–Trinajstić information content (AvgIpc) is 2.52. The van der Waals surface area contributed by atoms with Gasteiger partial charge in [0.2, 0.25) is 5.91 Å². The highest BCUT2D eigenvalue weighted by Crippen LogP contribution is 2.07. The van der Waals surface area contributed by atoms with Gasteiger partial charge in [-0.3, -0.25) is 4.79 Å². The van der Waals surface area contributed by atoms with Crippen LogP contribution in [0.4, 0.5) is 0 Å². The van der Waals surface area contributed by atoms with Gasteiger partial charge in [-0.1, -0.05) is 0 Å². The van der Waals surface area contributed by atoms with Gasteiger partial charge in [-0.25, -0.2) is 4.98 Å². The molecule has 0 bridgehead atoms. The lowest BCUT2D eigenvalue weighted by molar-refractivity contribution is -0.120. The molecule has 0 aliphatic carbocycles. The third-order valence-corrected chi connectivity index (χ3v) is 2.57. The van der Waals surface area contributed by atoms with Crippen LogP contribution in [0.3, 0.4) is 0 Å². The molecule has 14 heavy (non-hydrogen) atoms. The molecule has 0 fully saturated rings. The minimum Gasteiger partial charge on any atom is -0.355 e. The molecule has 1 heterocycles. The minimum atomic E-state index is 0.0285. The fourth-order valence-corrected chi connectivity index (χ4v) is 1.77. The SMILES string of the molecule is CCNC(=O)CNCc1nc(C)cs1. The molecule has 1 rings (SSSR count). The highest BCUT2D eigenvalue weighted by atomic mass is 32.1. The molecule has 5 heteroatoms. The van der Waals surface area contributed by atoms with Gasteiger partial charge in [0.1, 0.15) is 5.01 Å². The maximum Gasteiger partial charge on any atom is 0.233 e. The van der Waals surface area contributed by atoms with E-state index in [4.69, 9.17) is 0 Å². The van der Waals surface area contributed by atoms with Crippen LogP contribution in [0, 0.1) is 6.92 Å². The average molecular weight is 213 g/mol. The minimum absolute atomic E-state index is 0.0285. The summed E-state index contributed by atoms with van der Waals surface area (Å²) in [5, 5.41) is 8.78. The molecule has 0 aliphatic rings. The first-order valence-corrected chi connectivity index (χ1v) is 5.48. The van der Waals surface area contributed by atoms with Crippen molar-refractivity contribution in [2.45, 2.75) is 20.4 Å². The molecule has 1 aromatic heterocycles. The summed E-state index contributed by atoms with van der Waals surface area (Å²) in [6, 6.07) is 0. The summed E-state index contributed by atoms with van der Waals surface area (Å²) < 4.78 is 0. The van der Waals surface area contributed by atoms with Crippen molar-refractivity contribution in [1.29, 1.82) is 0 Å². The van der Waals surface area contributed by atoms with E-state index < -0.39 is 0 Å². The first kappa shape index (κ1) is 11.1. The van der Waals surface area contributed by atoms with E-state index in [-0.39, 0.29) is 5.91 Å². The Labute approximate surface area is 87.7 Å². The standard InChI is InChI=1S/C9H15N3OS/c1-3-11-8(13)4-10-5-9-12-7(2)6-14-9/h6,10H,3-5H2,1-2H3,(H,11,13). The molecular formula is C9H15N3OS. The van der Waals surface area contributed by atoms with Crippen molar-refractivity contribution in [2.75, 3.05) is 13.1 Å². The summed E-state index contributed by atoms with van der Waals surface area (Å²) in [4.78, 5) is 15.3. The second kappa shape index (κ2) is 5.72. The zero-order valence-electron chi connectivity index (χ0n) is 8.46. The number of nitrogens with zero attached hydrogens (tertiary/aromatic N) is 1. The van der Waals surface area contributed by atoms with Crippen LogP contribution in [0.1, 0.15) is 17.6 Å². The molecule has 0 unspecified atom stereocenters. The van der Waals surface area contributed by atoms with E-state index in [1.165, 1.54) is 0 Å². The van der Waals surface area contributed by atoms with Crippen LogP contribution >= 0.6 is 11.3 Å². The molecule has 1 aromatic rings. The van der Waals surface area contributed by atoms with E-state index in [1.807, 2.05) is 19.2 Å². The summed E-state index contributed by atoms with van der Waals surface area (Å²) in [6.07, 6.45) is 0. The normalized spacial score (nSPS) is 10.1. The molecule has 0 spiro atoms. The molecular weight excluding hydrogens is 198 g/mol. The predicted molar refractivity (Wildman–Crippen MR) is 57.2 cm³/mol. The van der Waals surface area contributed by atoms with E-state index in [1.54, 1.807) is 11.3 Å². The Morgan fingerprint density at radius 3 is 3.00 bits per heavy atom. The van der Waals surface area contributed by atoms with Crippen LogP contribution in [-0.2, 0) is 11.3 Å². The largest absolute Gasteiger partial charge is 0.355 e. The molecule has 1 amide bonds. The third kappa shape index (κ3) is 3.85. The Morgan fingerprint density at radius 1 is 1.64 bits per heavy atom. The van der Waals surface area contributed by atoms with Gasteiger partial charge in [0, 0.05) is 24.2 Å². The van der Waals surface area contributed by atoms with Gasteiger partial charge in [0.25, 0.3) is 0 Å². The summed E-state index contributed by atoms with van der Waals surface area (Å²) >= 11 is 1.61. The van der Waals surface area contributed by atoms with Gasteiger partial charge < -0.3 is 10.6 Å². The van der Waals surface area contributed by atoms with E-state index >= 15 is 0 Å². The van der Waals surface area contributed by atoms with Gasteiger partial charge in [-0.2, -0.15) is 0 Å². The summed E-state index contributed by atoms with van der Waals surface area (Å²) in [5.74, 6) is 0.0285. The van der Waals surface area contributed by atoms with Crippen molar-refractivity contribution in [3.05, 3.63) is 16.1 Å². The molecule has 78 valence electrons. The van der Waals surface area contributed by atoms with Gasteiger partial charge in [-0.15, -0.1) is 11.3 Å². The van der Waals surface area contributed by atoms with E-state index in [0.717, 1.165) is 10.7 Å². The number of rotatable bonds is 5. The van der Waals surface area contributed by atoms with Crippen LogP contribution in [0.15, 0.2) is 5.38 Å². The second-order valence-corrected chi connectivity index (χ2v) is 3.88. The Kier molecular flexibility index (Phi) is 4.55.